The summed E-state index contributed by atoms with van der Waals surface area (Å²) in [7, 11) is -3.43. The van der Waals surface area contributed by atoms with E-state index in [1.54, 1.807) is 24.4 Å². The van der Waals surface area contributed by atoms with Gasteiger partial charge in [-0.25, -0.2) is 8.42 Å². The minimum Gasteiger partial charge on any atom is -0.354 e. The van der Waals surface area contributed by atoms with Crippen molar-refractivity contribution in [1.29, 1.82) is 0 Å². The molecule has 9 heteroatoms. The summed E-state index contributed by atoms with van der Waals surface area (Å²) >= 11 is 12.2. The van der Waals surface area contributed by atoms with Gasteiger partial charge in [0.25, 0.3) is 0 Å². The molecule has 1 N–H and O–H groups in total. The predicted molar refractivity (Wildman–Crippen MR) is 110 cm³/mol. The van der Waals surface area contributed by atoms with Crippen LogP contribution in [0.1, 0.15) is 12.8 Å². The molecule has 0 amide bonds. The molecule has 0 bridgehead atoms. The maximum absolute atomic E-state index is 12.2. The van der Waals surface area contributed by atoms with Crippen LogP contribution in [0.2, 0.25) is 10.0 Å². The molecule has 0 spiro atoms. The maximum atomic E-state index is 12.2. The van der Waals surface area contributed by atoms with E-state index < -0.39 is 10.0 Å². The van der Waals surface area contributed by atoms with Crippen molar-refractivity contribution in [2.75, 3.05) is 4.72 Å². The lowest BCUT2D eigenvalue weighted by Crippen LogP contribution is -2.17. The molecule has 5 rings (SSSR count). The Morgan fingerprint density at radius 1 is 1.04 bits per heavy atom. The predicted octanol–water partition coefficient (Wildman–Crippen LogP) is 5.25. The number of sulfonamides is 1. The van der Waals surface area contributed by atoms with E-state index in [9.17, 15) is 8.42 Å². The van der Waals surface area contributed by atoms with Gasteiger partial charge >= 0.3 is 0 Å². The van der Waals surface area contributed by atoms with Crippen molar-refractivity contribution < 1.29 is 12.9 Å². The monoisotopic (exact) mass is 433 g/mol. The molecule has 0 radical (unpaired) electrons. The van der Waals surface area contributed by atoms with Crippen LogP contribution in [-0.2, 0) is 10.0 Å². The SMILES string of the molecule is O=S(=O)(Nc1noc2cc3c(-c4ccc(Cl)c(Cl)c4)nccc3cc12)C1CC1. The highest BCUT2D eigenvalue weighted by molar-refractivity contribution is 7.93. The van der Waals surface area contributed by atoms with Crippen LogP contribution >= 0.6 is 23.2 Å². The molecule has 1 saturated carbocycles. The Balaban J connectivity index is 1.65. The van der Waals surface area contributed by atoms with Gasteiger partial charge in [0.15, 0.2) is 11.4 Å². The van der Waals surface area contributed by atoms with Gasteiger partial charge in [-0.05, 0) is 48.6 Å². The van der Waals surface area contributed by atoms with Crippen molar-refractivity contribution in [3.05, 3.63) is 52.6 Å². The average molecular weight is 434 g/mol. The zero-order chi connectivity index (χ0) is 19.5. The summed E-state index contributed by atoms with van der Waals surface area (Å²) in [5, 5.41) is 6.79. The van der Waals surface area contributed by atoms with Crippen LogP contribution in [0.25, 0.3) is 33.0 Å². The van der Waals surface area contributed by atoms with Crippen molar-refractivity contribution in [2.45, 2.75) is 18.1 Å². The van der Waals surface area contributed by atoms with Crippen LogP contribution in [0, 0.1) is 0 Å². The summed E-state index contributed by atoms with van der Waals surface area (Å²) in [6.45, 7) is 0. The Labute approximate surface area is 170 Å². The molecule has 1 fully saturated rings. The van der Waals surface area contributed by atoms with Crippen LogP contribution in [0.4, 0.5) is 5.82 Å². The van der Waals surface area contributed by atoms with Gasteiger partial charge in [0.05, 0.1) is 26.4 Å². The number of benzene rings is 2. The fraction of sp³-hybridized carbons (Fsp3) is 0.158. The first-order valence-electron chi connectivity index (χ1n) is 8.57. The van der Waals surface area contributed by atoms with E-state index in [4.69, 9.17) is 27.7 Å². The lowest BCUT2D eigenvalue weighted by atomic mass is 10.0. The third-order valence-electron chi connectivity index (χ3n) is 4.75. The Bertz CT molecular complexity index is 1350. The Morgan fingerprint density at radius 3 is 2.61 bits per heavy atom. The standard InChI is InChI=1S/C19H13Cl2N3O3S/c20-15-4-1-11(8-16(15)21)18-13-9-17-14(7-10(13)5-6-22-18)19(23-27-17)24-28(25,26)12-2-3-12/h1,4-9,12H,2-3H2,(H,23,24). The van der Waals surface area contributed by atoms with Gasteiger partial charge in [-0.1, -0.05) is 34.4 Å². The largest absolute Gasteiger partial charge is 0.354 e. The van der Waals surface area contributed by atoms with Gasteiger partial charge in [0.2, 0.25) is 10.0 Å². The Morgan fingerprint density at radius 2 is 1.86 bits per heavy atom. The van der Waals surface area contributed by atoms with Gasteiger partial charge < -0.3 is 4.52 Å². The first-order valence-corrected chi connectivity index (χ1v) is 10.9. The molecule has 142 valence electrons. The quantitative estimate of drug-likeness (QED) is 0.474. The first-order chi connectivity index (χ1) is 13.4. The summed E-state index contributed by atoms with van der Waals surface area (Å²) in [6, 6.07) is 10.8. The van der Waals surface area contributed by atoms with Crippen molar-refractivity contribution in [3.63, 3.8) is 0 Å². The third-order valence-corrected chi connectivity index (χ3v) is 7.32. The van der Waals surface area contributed by atoms with E-state index in [0.717, 1.165) is 22.0 Å². The van der Waals surface area contributed by atoms with E-state index in [1.165, 1.54) is 0 Å². The number of nitrogens with zero attached hydrogens (tertiary/aromatic N) is 2. The molecule has 2 aromatic heterocycles. The minimum absolute atomic E-state index is 0.205. The van der Waals surface area contributed by atoms with Gasteiger partial charge in [-0.3, -0.25) is 9.71 Å². The molecular formula is C19H13Cl2N3O3S. The fourth-order valence-electron chi connectivity index (χ4n) is 3.15. The number of fused-ring (bicyclic) bond motifs is 2. The minimum atomic E-state index is -3.43. The summed E-state index contributed by atoms with van der Waals surface area (Å²) in [5.74, 6) is 0.205. The molecule has 28 heavy (non-hydrogen) atoms. The number of aromatic nitrogens is 2. The van der Waals surface area contributed by atoms with Gasteiger partial charge in [-0.15, -0.1) is 0 Å². The number of pyridine rings is 1. The highest BCUT2D eigenvalue weighted by Crippen LogP contribution is 2.36. The van der Waals surface area contributed by atoms with Crippen molar-refractivity contribution >= 4 is 60.8 Å². The first kappa shape index (κ1) is 17.7. The van der Waals surface area contributed by atoms with Crippen LogP contribution in [0.15, 0.2) is 47.1 Å². The zero-order valence-corrected chi connectivity index (χ0v) is 16.6. The number of halogens is 2. The molecular weight excluding hydrogens is 421 g/mol. The molecule has 0 aliphatic heterocycles. The lowest BCUT2D eigenvalue weighted by Gasteiger charge is -2.07. The van der Waals surface area contributed by atoms with E-state index in [2.05, 4.69) is 14.9 Å². The normalized spacial score (nSPS) is 14.6. The molecule has 0 unspecified atom stereocenters. The van der Waals surface area contributed by atoms with Crippen LogP contribution < -0.4 is 4.72 Å². The summed E-state index contributed by atoms with van der Waals surface area (Å²) < 4.78 is 32.4. The summed E-state index contributed by atoms with van der Waals surface area (Å²) in [4.78, 5) is 4.48. The zero-order valence-electron chi connectivity index (χ0n) is 14.3. The number of rotatable bonds is 4. The third kappa shape index (κ3) is 2.99. The van der Waals surface area contributed by atoms with Gasteiger partial charge in [-0.2, -0.15) is 0 Å². The molecule has 6 nitrogen and oxygen atoms in total. The second kappa shape index (κ2) is 6.34. The lowest BCUT2D eigenvalue weighted by molar-refractivity contribution is 0.460. The molecule has 4 aromatic rings. The van der Waals surface area contributed by atoms with Crippen LogP contribution in [0.3, 0.4) is 0 Å². The van der Waals surface area contributed by atoms with Crippen molar-refractivity contribution in [3.8, 4) is 11.3 Å². The van der Waals surface area contributed by atoms with Crippen molar-refractivity contribution in [2.24, 2.45) is 0 Å². The second-order valence-corrected chi connectivity index (χ2v) is 9.51. The topological polar surface area (TPSA) is 85.1 Å². The number of nitrogens with one attached hydrogen (secondary N) is 1. The highest BCUT2D eigenvalue weighted by atomic mass is 35.5. The summed E-state index contributed by atoms with van der Waals surface area (Å²) in [6.07, 6.45) is 3.03. The number of hydrogen-bond donors (Lipinski definition) is 1. The Hall–Kier alpha value is -2.35. The molecule has 2 aromatic carbocycles. The van der Waals surface area contributed by atoms with Crippen molar-refractivity contribution in [1.82, 2.24) is 10.1 Å². The second-order valence-electron chi connectivity index (χ2n) is 6.74. The average Bonchev–Trinajstić information content (AvgIpc) is 3.47. The molecule has 1 aliphatic carbocycles. The van der Waals surface area contributed by atoms with E-state index in [-0.39, 0.29) is 11.1 Å². The fourth-order valence-corrected chi connectivity index (χ4v) is 4.79. The van der Waals surface area contributed by atoms with E-state index >= 15 is 0 Å². The number of anilines is 1. The van der Waals surface area contributed by atoms with Crippen LogP contribution in [-0.4, -0.2) is 23.8 Å². The molecule has 0 atom stereocenters. The van der Waals surface area contributed by atoms with E-state index in [0.29, 0.717) is 33.9 Å². The van der Waals surface area contributed by atoms with E-state index in [1.807, 2.05) is 18.2 Å². The maximum Gasteiger partial charge on any atom is 0.236 e. The molecule has 0 saturated heterocycles. The highest BCUT2D eigenvalue weighted by Gasteiger charge is 2.36. The summed E-state index contributed by atoms with van der Waals surface area (Å²) in [5.41, 5.74) is 2.00. The number of hydrogen-bond acceptors (Lipinski definition) is 5. The molecule has 2 heterocycles. The van der Waals surface area contributed by atoms with Gasteiger partial charge in [0.1, 0.15) is 0 Å². The van der Waals surface area contributed by atoms with Crippen LogP contribution in [0.5, 0.6) is 0 Å². The van der Waals surface area contributed by atoms with Gasteiger partial charge in [0, 0.05) is 17.1 Å². The molecule has 1 aliphatic rings. The Kier molecular flexibility index (Phi) is 4.01. The smallest absolute Gasteiger partial charge is 0.236 e.